The minimum absolute atomic E-state index is 0.0238. The van der Waals surface area contributed by atoms with Crippen LogP contribution in [0.5, 0.6) is 0 Å². The van der Waals surface area contributed by atoms with Gasteiger partial charge in [0.1, 0.15) is 0 Å². The number of ether oxygens (including phenoxy) is 1. The van der Waals surface area contributed by atoms with Crippen LogP contribution in [-0.4, -0.2) is 62.7 Å². The zero-order valence-electron chi connectivity index (χ0n) is 17.3. The van der Waals surface area contributed by atoms with Gasteiger partial charge in [-0.05, 0) is 19.4 Å². The van der Waals surface area contributed by atoms with Gasteiger partial charge < -0.3 is 15.8 Å². The predicted octanol–water partition coefficient (Wildman–Crippen LogP) is 0.883. The fourth-order valence-corrected chi connectivity index (χ4v) is 3.82. The van der Waals surface area contributed by atoms with Gasteiger partial charge in [0.05, 0.1) is 19.1 Å². The molecular weight excluding hydrogens is 382 g/mol. The molecule has 1 amide bonds. The van der Waals surface area contributed by atoms with Crippen molar-refractivity contribution in [3.05, 3.63) is 52.8 Å². The summed E-state index contributed by atoms with van der Waals surface area (Å²) in [7, 11) is 0. The van der Waals surface area contributed by atoms with E-state index >= 15 is 0 Å². The zero-order valence-corrected chi connectivity index (χ0v) is 17.3. The molecule has 1 aromatic carbocycles. The summed E-state index contributed by atoms with van der Waals surface area (Å²) in [5.74, 6) is 0.543. The summed E-state index contributed by atoms with van der Waals surface area (Å²) >= 11 is 0. The van der Waals surface area contributed by atoms with Gasteiger partial charge >= 0.3 is 0 Å². The van der Waals surface area contributed by atoms with Gasteiger partial charge in [0, 0.05) is 43.1 Å². The van der Waals surface area contributed by atoms with Crippen LogP contribution in [0.25, 0.3) is 5.78 Å². The van der Waals surface area contributed by atoms with E-state index < -0.39 is 0 Å². The van der Waals surface area contributed by atoms with Crippen LogP contribution in [0.15, 0.2) is 30.3 Å². The summed E-state index contributed by atoms with van der Waals surface area (Å²) < 4.78 is 7.43. The number of aryl methyl sites for hydroxylation is 2. The lowest BCUT2D eigenvalue weighted by Crippen LogP contribution is -2.47. The van der Waals surface area contributed by atoms with E-state index in [0.29, 0.717) is 18.9 Å². The van der Waals surface area contributed by atoms with Crippen LogP contribution in [0.2, 0.25) is 0 Å². The Morgan fingerprint density at radius 2 is 2.07 bits per heavy atom. The highest BCUT2D eigenvalue weighted by molar-refractivity contribution is 5.79. The lowest BCUT2D eigenvalue weighted by molar-refractivity contribution is -0.121. The second kappa shape index (κ2) is 8.76. The molecule has 30 heavy (non-hydrogen) atoms. The summed E-state index contributed by atoms with van der Waals surface area (Å²) in [6.45, 7) is 7.48. The molecule has 2 aromatic heterocycles. The number of amides is 1. The molecule has 9 heteroatoms. The fourth-order valence-electron chi connectivity index (χ4n) is 3.82. The van der Waals surface area contributed by atoms with Crippen molar-refractivity contribution in [2.45, 2.75) is 32.9 Å². The van der Waals surface area contributed by atoms with Gasteiger partial charge in [-0.15, -0.1) is 5.10 Å². The Hall–Kier alpha value is -3.04. The number of rotatable bonds is 6. The topological polar surface area (TPSA) is 111 Å². The minimum Gasteiger partial charge on any atom is -0.374 e. The zero-order chi connectivity index (χ0) is 21.1. The molecule has 1 fully saturated rings. The first-order chi connectivity index (χ1) is 14.5. The molecule has 1 aliphatic rings. The van der Waals surface area contributed by atoms with Crippen molar-refractivity contribution < 1.29 is 9.53 Å². The number of morpholine rings is 1. The summed E-state index contributed by atoms with van der Waals surface area (Å²) in [6, 6.07) is 10.4. The molecule has 3 aromatic rings. The molecule has 0 saturated carbocycles. The van der Waals surface area contributed by atoms with Gasteiger partial charge in [0.15, 0.2) is 0 Å². The van der Waals surface area contributed by atoms with E-state index in [1.54, 1.807) is 4.52 Å². The highest BCUT2D eigenvalue weighted by atomic mass is 16.5. The monoisotopic (exact) mass is 409 g/mol. The van der Waals surface area contributed by atoms with E-state index in [4.69, 9.17) is 10.5 Å². The van der Waals surface area contributed by atoms with Crippen molar-refractivity contribution in [2.75, 3.05) is 32.0 Å². The normalized spacial score (nSPS) is 17.3. The van der Waals surface area contributed by atoms with Gasteiger partial charge in [0.25, 0.3) is 5.78 Å². The molecule has 0 radical (unpaired) electrons. The van der Waals surface area contributed by atoms with Crippen molar-refractivity contribution in [1.82, 2.24) is 29.8 Å². The lowest BCUT2D eigenvalue weighted by atomic mass is 10.1. The Morgan fingerprint density at radius 1 is 1.27 bits per heavy atom. The van der Waals surface area contributed by atoms with Crippen LogP contribution >= 0.6 is 0 Å². The largest absolute Gasteiger partial charge is 0.374 e. The second-order valence-corrected chi connectivity index (χ2v) is 7.64. The Morgan fingerprint density at radius 3 is 2.87 bits per heavy atom. The third-order valence-electron chi connectivity index (χ3n) is 5.40. The first kappa shape index (κ1) is 20.2. The van der Waals surface area contributed by atoms with Crippen molar-refractivity contribution in [1.29, 1.82) is 0 Å². The Bertz CT molecular complexity index is 1030. The van der Waals surface area contributed by atoms with Gasteiger partial charge in [-0.2, -0.15) is 9.50 Å². The van der Waals surface area contributed by atoms with Crippen molar-refractivity contribution in [2.24, 2.45) is 0 Å². The number of aromatic nitrogens is 4. The van der Waals surface area contributed by atoms with Crippen LogP contribution in [-0.2, 0) is 22.5 Å². The molecule has 0 spiro atoms. The number of hydrogen-bond acceptors (Lipinski definition) is 7. The highest BCUT2D eigenvalue weighted by Gasteiger charge is 2.22. The molecule has 1 saturated heterocycles. The second-order valence-electron chi connectivity index (χ2n) is 7.64. The Kier molecular flexibility index (Phi) is 5.91. The summed E-state index contributed by atoms with van der Waals surface area (Å²) in [4.78, 5) is 23.4. The molecule has 1 aliphatic heterocycles. The predicted molar refractivity (Wildman–Crippen MR) is 113 cm³/mol. The maximum absolute atomic E-state index is 12.6. The number of nitrogens with zero attached hydrogens (tertiary/aromatic N) is 5. The minimum atomic E-state index is -0.0702. The molecule has 1 atom stereocenters. The number of benzene rings is 1. The van der Waals surface area contributed by atoms with Gasteiger partial charge in [-0.3, -0.25) is 9.69 Å². The molecular formula is C21H27N7O2. The van der Waals surface area contributed by atoms with Gasteiger partial charge in [0.2, 0.25) is 11.9 Å². The van der Waals surface area contributed by atoms with E-state index in [2.05, 4.69) is 49.5 Å². The van der Waals surface area contributed by atoms with E-state index in [1.807, 2.05) is 19.9 Å². The van der Waals surface area contributed by atoms with Crippen LogP contribution in [0.4, 0.5) is 5.95 Å². The third kappa shape index (κ3) is 4.58. The number of carbonyl (C=O) groups excluding carboxylic acids is 1. The molecule has 9 nitrogen and oxygen atoms in total. The summed E-state index contributed by atoms with van der Waals surface area (Å²) in [5.41, 5.74) is 9.36. The fraction of sp³-hybridized carbons (Fsp3) is 0.429. The van der Waals surface area contributed by atoms with Crippen molar-refractivity contribution in [3.8, 4) is 0 Å². The number of fused-ring (bicyclic) bond motifs is 1. The highest BCUT2D eigenvalue weighted by Crippen LogP contribution is 2.15. The third-order valence-corrected chi connectivity index (χ3v) is 5.40. The number of carbonyl (C=O) groups is 1. The average Bonchev–Trinajstić information content (AvgIpc) is 3.11. The Balaban J connectivity index is 1.33. The quantitative estimate of drug-likeness (QED) is 0.622. The first-order valence-electron chi connectivity index (χ1n) is 10.1. The van der Waals surface area contributed by atoms with Crippen LogP contribution in [0.3, 0.4) is 0 Å². The van der Waals surface area contributed by atoms with Gasteiger partial charge in [-0.25, -0.2) is 4.98 Å². The van der Waals surface area contributed by atoms with E-state index in [1.165, 1.54) is 5.56 Å². The maximum Gasteiger partial charge on any atom is 0.254 e. The molecule has 4 rings (SSSR count). The smallest absolute Gasteiger partial charge is 0.254 e. The number of hydrogen-bond donors (Lipinski definition) is 2. The van der Waals surface area contributed by atoms with Crippen LogP contribution in [0.1, 0.15) is 22.5 Å². The van der Waals surface area contributed by atoms with Gasteiger partial charge in [-0.1, -0.05) is 30.3 Å². The SMILES string of the molecule is Cc1nc2nc(N)nn2c(C)c1CC(=O)NC[C@@H]1CN(Cc2ccccc2)CCO1. The molecule has 0 bridgehead atoms. The van der Waals surface area contributed by atoms with Crippen molar-refractivity contribution in [3.63, 3.8) is 0 Å². The molecule has 0 unspecified atom stereocenters. The molecule has 158 valence electrons. The summed E-state index contributed by atoms with van der Waals surface area (Å²) in [6.07, 6.45) is 0.199. The van der Waals surface area contributed by atoms with E-state index in [-0.39, 0.29) is 24.4 Å². The van der Waals surface area contributed by atoms with Crippen molar-refractivity contribution >= 4 is 17.6 Å². The maximum atomic E-state index is 12.6. The van der Waals surface area contributed by atoms with Crippen LogP contribution in [0, 0.1) is 13.8 Å². The molecule has 0 aliphatic carbocycles. The first-order valence-corrected chi connectivity index (χ1v) is 10.1. The number of nitrogen functional groups attached to an aromatic ring is 1. The standard InChI is InChI=1S/C21H27N7O2/c1-14-18(15(2)28-21(24-14)25-20(22)26-28)10-19(29)23-11-17-13-27(8-9-30-17)12-16-6-4-3-5-7-16/h3-7,17H,8-13H2,1-2H3,(H2,22,26)(H,23,29)/t17-/m1/s1. The number of anilines is 1. The average molecular weight is 409 g/mol. The summed E-state index contributed by atoms with van der Waals surface area (Å²) in [5, 5.41) is 7.15. The van der Waals surface area contributed by atoms with E-state index in [9.17, 15) is 4.79 Å². The lowest BCUT2D eigenvalue weighted by Gasteiger charge is -2.33. The number of nitrogens with one attached hydrogen (secondary N) is 1. The molecule has 3 heterocycles. The van der Waals surface area contributed by atoms with E-state index in [0.717, 1.165) is 36.6 Å². The van der Waals surface area contributed by atoms with Crippen LogP contribution < -0.4 is 11.1 Å². The number of nitrogens with two attached hydrogens (primary N) is 1. The Labute approximate surface area is 175 Å². The molecule has 3 N–H and O–H groups in total.